The summed E-state index contributed by atoms with van der Waals surface area (Å²) in [5.41, 5.74) is 4.04. The molecule has 37 heavy (non-hydrogen) atoms. The van der Waals surface area contributed by atoms with Gasteiger partial charge in [-0.2, -0.15) is 10.2 Å². The van der Waals surface area contributed by atoms with Crippen molar-refractivity contribution in [2.24, 2.45) is 0 Å². The van der Waals surface area contributed by atoms with Crippen molar-refractivity contribution < 1.29 is 18.8 Å². The van der Waals surface area contributed by atoms with Crippen molar-refractivity contribution >= 4 is 22.7 Å². The molecule has 1 fully saturated rings. The highest BCUT2D eigenvalue weighted by Gasteiger charge is 2.28. The number of nitriles is 1. The summed E-state index contributed by atoms with van der Waals surface area (Å²) in [6.45, 7) is 5.79. The van der Waals surface area contributed by atoms with E-state index in [1.165, 1.54) is 0 Å². The molecule has 1 amide bonds. The summed E-state index contributed by atoms with van der Waals surface area (Å²) in [5, 5.41) is 17.6. The van der Waals surface area contributed by atoms with Crippen molar-refractivity contribution in [3.8, 4) is 23.1 Å². The number of nitrogens with zero attached hydrogens (tertiary/aromatic N) is 4. The molecule has 9 nitrogen and oxygen atoms in total. The minimum atomic E-state index is -0.495. The topological polar surface area (TPSA) is 115 Å². The monoisotopic (exact) mass is 499 g/mol. The van der Waals surface area contributed by atoms with Gasteiger partial charge >= 0.3 is 6.09 Å². The molecule has 2 heterocycles. The smallest absolute Gasteiger partial charge is 0.411 e. The number of rotatable bonds is 8. The number of aryl methyl sites for hydroxylation is 1. The minimum absolute atomic E-state index is 0.201. The maximum absolute atomic E-state index is 12.0. The number of nitrogens with one attached hydrogen (secondary N) is 1. The first kappa shape index (κ1) is 24.4. The number of aromatic nitrogens is 3. The third-order valence-electron chi connectivity index (χ3n) is 6.43. The average Bonchev–Trinajstić information content (AvgIpc) is 3.38. The number of benzene rings is 2. The Morgan fingerprint density at radius 1 is 1.24 bits per heavy atom. The maximum Gasteiger partial charge on any atom is 0.411 e. The van der Waals surface area contributed by atoms with Crippen LogP contribution in [0.2, 0.25) is 0 Å². The standard InChI is InChI=1S/C28H29N5O4/c1-17(2)36-28(34)31-20-9-7-19(8-10-20)27-24(16-29)23-12-11-22(15-25(23)33(27)21-5-4-6-21)35-14-13-26-30-18(3)32-37-26/h7-12,15,17,21H,4-6,13-14H2,1-3H3,(H,31,34). The summed E-state index contributed by atoms with van der Waals surface area (Å²) in [6, 6.07) is 16.1. The molecule has 0 unspecified atom stereocenters. The molecule has 0 radical (unpaired) electrons. The van der Waals surface area contributed by atoms with Crippen LogP contribution in [0.1, 0.15) is 56.4 Å². The number of hydrogen-bond acceptors (Lipinski definition) is 7. The van der Waals surface area contributed by atoms with Crippen molar-refractivity contribution in [2.45, 2.75) is 58.6 Å². The number of anilines is 1. The fourth-order valence-corrected chi connectivity index (χ4v) is 4.57. The van der Waals surface area contributed by atoms with E-state index in [9.17, 15) is 10.1 Å². The molecule has 0 aliphatic heterocycles. The zero-order chi connectivity index (χ0) is 25.9. The van der Waals surface area contributed by atoms with Crippen molar-refractivity contribution in [1.29, 1.82) is 5.26 Å². The van der Waals surface area contributed by atoms with Gasteiger partial charge in [0.05, 0.1) is 35.9 Å². The van der Waals surface area contributed by atoms with E-state index in [4.69, 9.17) is 14.0 Å². The minimum Gasteiger partial charge on any atom is -0.493 e. The predicted octanol–water partition coefficient (Wildman–Crippen LogP) is 6.17. The lowest BCUT2D eigenvalue weighted by atomic mass is 9.92. The van der Waals surface area contributed by atoms with Crippen LogP contribution in [-0.4, -0.2) is 33.5 Å². The molecule has 0 bridgehead atoms. The van der Waals surface area contributed by atoms with Crippen LogP contribution < -0.4 is 10.1 Å². The fraction of sp³-hybridized carbons (Fsp3) is 0.357. The SMILES string of the molecule is Cc1noc(CCOc2ccc3c(C#N)c(-c4ccc(NC(=O)OC(C)C)cc4)n(C4CCC4)c3c2)n1. The van der Waals surface area contributed by atoms with E-state index in [1.807, 2.05) is 42.5 Å². The first-order chi connectivity index (χ1) is 17.9. The lowest BCUT2D eigenvalue weighted by Crippen LogP contribution is -2.18. The second-order valence-electron chi connectivity index (χ2n) is 9.46. The summed E-state index contributed by atoms with van der Waals surface area (Å²) in [4.78, 5) is 16.2. The summed E-state index contributed by atoms with van der Waals surface area (Å²) < 4.78 is 18.6. The highest BCUT2D eigenvalue weighted by Crippen LogP contribution is 2.43. The normalized spacial score (nSPS) is 13.4. The molecular formula is C28H29N5O4. The van der Waals surface area contributed by atoms with Gasteiger partial charge in [0.25, 0.3) is 0 Å². The molecule has 4 aromatic rings. The van der Waals surface area contributed by atoms with Gasteiger partial charge in [-0.15, -0.1) is 0 Å². The van der Waals surface area contributed by atoms with E-state index in [1.54, 1.807) is 20.8 Å². The third kappa shape index (κ3) is 5.14. The highest BCUT2D eigenvalue weighted by molar-refractivity contribution is 5.96. The van der Waals surface area contributed by atoms with Crippen LogP contribution in [0.3, 0.4) is 0 Å². The molecule has 1 saturated carbocycles. The van der Waals surface area contributed by atoms with Gasteiger partial charge in [0.1, 0.15) is 11.8 Å². The number of fused-ring (bicyclic) bond motifs is 1. The Morgan fingerprint density at radius 2 is 2.03 bits per heavy atom. The third-order valence-corrected chi connectivity index (χ3v) is 6.43. The second kappa shape index (κ2) is 10.3. The van der Waals surface area contributed by atoms with Gasteiger partial charge in [0, 0.05) is 23.2 Å². The van der Waals surface area contributed by atoms with Gasteiger partial charge in [-0.1, -0.05) is 17.3 Å². The van der Waals surface area contributed by atoms with Gasteiger partial charge < -0.3 is 18.6 Å². The number of amides is 1. The van der Waals surface area contributed by atoms with Crippen molar-refractivity contribution in [2.75, 3.05) is 11.9 Å². The van der Waals surface area contributed by atoms with Gasteiger partial charge in [-0.05, 0) is 69.9 Å². The van der Waals surface area contributed by atoms with E-state index in [2.05, 4.69) is 26.1 Å². The van der Waals surface area contributed by atoms with Crippen LogP contribution >= 0.6 is 0 Å². The summed E-state index contributed by atoms with van der Waals surface area (Å²) in [6.07, 6.45) is 3.10. The molecule has 1 aliphatic rings. The summed E-state index contributed by atoms with van der Waals surface area (Å²) in [5.74, 6) is 1.87. The lowest BCUT2D eigenvalue weighted by molar-refractivity contribution is 0.130. The Balaban J connectivity index is 1.45. The van der Waals surface area contributed by atoms with Gasteiger partial charge in [-0.25, -0.2) is 4.79 Å². The molecule has 1 N–H and O–H groups in total. The molecule has 2 aromatic heterocycles. The molecule has 2 aromatic carbocycles. The maximum atomic E-state index is 12.0. The van der Waals surface area contributed by atoms with Crippen LogP contribution in [0.4, 0.5) is 10.5 Å². The van der Waals surface area contributed by atoms with E-state index < -0.39 is 6.09 Å². The number of carbonyl (C=O) groups is 1. The summed E-state index contributed by atoms with van der Waals surface area (Å²) >= 11 is 0. The lowest BCUT2D eigenvalue weighted by Gasteiger charge is -2.30. The van der Waals surface area contributed by atoms with Gasteiger partial charge in [0.2, 0.25) is 5.89 Å². The highest BCUT2D eigenvalue weighted by atomic mass is 16.6. The van der Waals surface area contributed by atoms with E-state index >= 15 is 0 Å². The largest absolute Gasteiger partial charge is 0.493 e. The Hall–Kier alpha value is -4.32. The predicted molar refractivity (Wildman–Crippen MR) is 138 cm³/mol. The average molecular weight is 500 g/mol. The number of ether oxygens (including phenoxy) is 2. The van der Waals surface area contributed by atoms with Crippen molar-refractivity contribution in [1.82, 2.24) is 14.7 Å². The zero-order valence-electron chi connectivity index (χ0n) is 21.2. The van der Waals surface area contributed by atoms with Crippen LogP contribution in [0.25, 0.3) is 22.2 Å². The van der Waals surface area contributed by atoms with Gasteiger partial charge in [0.15, 0.2) is 5.82 Å². The van der Waals surface area contributed by atoms with E-state index in [-0.39, 0.29) is 6.10 Å². The fourth-order valence-electron chi connectivity index (χ4n) is 4.57. The first-order valence-electron chi connectivity index (χ1n) is 12.5. The van der Waals surface area contributed by atoms with Crippen LogP contribution in [0, 0.1) is 18.3 Å². The Kier molecular flexibility index (Phi) is 6.82. The molecule has 5 rings (SSSR count). The summed E-state index contributed by atoms with van der Waals surface area (Å²) in [7, 11) is 0. The molecule has 0 atom stereocenters. The quantitative estimate of drug-likeness (QED) is 0.308. The Morgan fingerprint density at radius 3 is 2.65 bits per heavy atom. The van der Waals surface area contributed by atoms with Crippen LogP contribution in [-0.2, 0) is 11.2 Å². The van der Waals surface area contributed by atoms with Crippen molar-refractivity contribution in [3.63, 3.8) is 0 Å². The van der Waals surface area contributed by atoms with E-state index in [0.717, 1.165) is 47.2 Å². The molecule has 0 spiro atoms. The first-order valence-corrected chi connectivity index (χ1v) is 12.5. The Labute approximate surface area is 215 Å². The molecule has 0 saturated heterocycles. The Bertz CT molecular complexity index is 1460. The van der Waals surface area contributed by atoms with Gasteiger partial charge in [-0.3, -0.25) is 5.32 Å². The van der Waals surface area contributed by atoms with Crippen molar-refractivity contribution in [3.05, 3.63) is 59.7 Å². The van der Waals surface area contributed by atoms with Crippen LogP contribution in [0.15, 0.2) is 47.0 Å². The molecule has 190 valence electrons. The second-order valence-corrected chi connectivity index (χ2v) is 9.46. The molecule has 9 heteroatoms. The molecular weight excluding hydrogens is 470 g/mol. The zero-order valence-corrected chi connectivity index (χ0v) is 21.2. The number of carbonyl (C=O) groups excluding carboxylic acids is 1. The van der Waals surface area contributed by atoms with Crippen LogP contribution in [0.5, 0.6) is 5.75 Å². The number of hydrogen-bond donors (Lipinski definition) is 1. The molecule has 1 aliphatic carbocycles. The van der Waals surface area contributed by atoms with E-state index in [0.29, 0.717) is 42.0 Å².